The van der Waals surface area contributed by atoms with Gasteiger partial charge in [0.15, 0.2) is 0 Å². The highest BCUT2D eigenvalue weighted by molar-refractivity contribution is 5.66. The molecule has 0 atom stereocenters. The smallest absolute Gasteiger partial charge is 0.119 e. The summed E-state index contributed by atoms with van der Waals surface area (Å²) in [5, 5.41) is 9.00. The Kier molecular flexibility index (Phi) is 4.40. The van der Waals surface area contributed by atoms with E-state index in [2.05, 4.69) is 6.07 Å². The van der Waals surface area contributed by atoms with Gasteiger partial charge in [0.05, 0.1) is 11.6 Å². The van der Waals surface area contributed by atoms with Gasteiger partial charge in [0, 0.05) is 0 Å². The van der Waals surface area contributed by atoms with Gasteiger partial charge in [-0.1, -0.05) is 54.6 Å². The van der Waals surface area contributed by atoms with Crippen molar-refractivity contribution in [2.24, 2.45) is 0 Å². The number of nitrogens with zero attached hydrogens (tertiary/aromatic N) is 1. The molecule has 0 unspecified atom stereocenters. The fraction of sp³-hybridized carbons (Fsp3) is 0.0952. The first-order chi connectivity index (χ1) is 11.3. The monoisotopic (exact) mass is 299 g/mol. The third-order valence-electron chi connectivity index (χ3n) is 3.78. The van der Waals surface area contributed by atoms with Gasteiger partial charge in [-0.05, 0) is 47.4 Å². The molecular weight excluding hydrogens is 282 g/mol. The first-order valence-electron chi connectivity index (χ1n) is 7.54. The number of hydrogen-bond donors (Lipinski definition) is 0. The molecule has 3 aromatic rings. The van der Waals surface area contributed by atoms with E-state index in [-0.39, 0.29) is 0 Å². The molecule has 0 radical (unpaired) electrons. The lowest BCUT2D eigenvalue weighted by atomic mass is 10.0. The number of hydrogen-bond acceptors (Lipinski definition) is 2. The number of rotatable bonds is 4. The van der Waals surface area contributed by atoms with Crippen LogP contribution in [0.5, 0.6) is 5.75 Å². The van der Waals surface area contributed by atoms with E-state index in [1.807, 2.05) is 79.7 Å². The summed E-state index contributed by atoms with van der Waals surface area (Å²) < 4.78 is 5.80. The first-order valence-corrected chi connectivity index (χ1v) is 7.54. The van der Waals surface area contributed by atoms with E-state index in [9.17, 15) is 0 Å². The quantitative estimate of drug-likeness (QED) is 0.670. The zero-order valence-corrected chi connectivity index (χ0v) is 13.0. The van der Waals surface area contributed by atoms with E-state index < -0.39 is 0 Å². The molecule has 0 saturated heterocycles. The minimum absolute atomic E-state index is 0.566. The number of nitriles is 1. The third-order valence-corrected chi connectivity index (χ3v) is 3.78. The molecule has 0 fully saturated rings. The lowest BCUT2D eigenvalue weighted by Gasteiger charge is -2.08. The Morgan fingerprint density at radius 3 is 2.22 bits per heavy atom. The maximum Gasteiger partial charge on any atom is 0.119 e. The summed E-state index contributed by atoms with van der Waals surface area (Å²) in [6.07, 6.45) is 0. The topological polar surface area (TPSA) is 33.0 Å². The third kappa shape index (κ3) is 3.59. The standard InChI is InChI=1S/C21H17NO/c1-16-13-19(7-8-20(16)14-22)18-9-11-21(12-10-18)23-15-17-5-3-2-4-6-17/h2-13H,15H2,1H3. The van der Waals surface area contributed by atoms with Crippen molar-refractivity contribution in [3.05, 3.63) is 89.5 Å². The van der Waals surface area contributed by atoms with Gasteiger partial charge in [-0.2, -0.15) is 5.26 Å². The molecular formula is C21H17NO. The zero-order chi connectivity index (χ0) is 16.1. The van der Waals surface area contributed by atoms with Crippen molar-refractivity contribution in [1.82, 2.24) is 0 Å². The van der Waals surface area contributed by atoms with Crippen molar-refractivity contribution >= 4 is 0 Å². The van der Waals surface area contributed by atoms with Gasteiger partial charge in [-0.15, -0.1) is 0 Å². The van der Waals surface area contributed by atoms with E-state index in [1.165, 1.54) is 0 Å². The van der Waals surface area contributed by atoms with Crippen LogP contribution >= 0.6 is 0 Å². The molecule has 0 bridgehead atoms. The molecule has 2 nitrogen and oxygen atoms in total. The Hall–Kier alpha value is -3.05. The predicted molar refractivity (Wildman–Crippen MR) is 92.1 cm³/mol. The van der Waals surface area contributed by atoms with Gasteiger partial charge in [-0.25, -0.2) is 0 Å². The van der Waals surface area contributed by atoms with E-state index in [1.54, 1.807) is 0 Å². The zero-order valence-electron chi connectivity index (χ0n) is 13.0. The van der Waals surface area contributed by atoms with Crippen LogP contribution in [-0.4, -0.2) is 0 Å². The van der Waals surface area contributed by atoms with Crippen molar-refractivity contribution < 1.29 is 4.74 Å². The molecule has 0 heterocycles. The largest absolute Gasteiger partial charge is 0.489 e. The maximum atomic E-state index is 9.00. The van der Waals surface area contributed by atoms with Crippen molar-refractivity contribution in [3.8, 4) is 22.9 Å². The Morgan fingerprint density at radius 1 is 0.870 bits per heavy atom. The van der Waals surface area contributed by atoms with Crippen LogP contribution in [0.1, 0.15) is 16.7 Å². The Bertz CT molecular complexity index is 830. The van der Waals surface area contributed by atoms with Gasteiger partial charge in [0.2, 0.25) is 0 Å². The van der Waals surface area contributed by atoms with Crippen LogP contribution in [0.4, 0.5) is 0 Å². The normalized spacial score (nSPS) is 10.1. The minimum Gasteiger partial charge on any atom is -0.489 e. The van der Waals surface area contributed by atoms with Crippen molar-refractivity contribution in [2.75, 3.05) is 0 Å². The molecule has 0 amide bonds. The van der Waals surface area contributed by atoms with Gasteiger partial charge in [0.1, 0.15) is 12.4 Å². The summed E-state index contributed by atoms with van der Waals surface area (Å²) in [4.78, 5) is 0. The number of ether oxygens (including phenoxy) is 1. The Labute approximate surface area is 136 Å². The van der Waals surface area contributed by atoms with Crippen molar-refractivity contribution in [1.29, 1.82) is 5.26 Å². The summed E-state index contributed by atoms with van der Waals surface area (Å²) in [6.45, 7) is 2.52. The van der Waals surface area contributed by atoms with Gasteiger partial charge in [0.25, 0.3) is 0 Å². The SMILES string of the molecule is Cc1cc(-c2ccc(OCc3ccccc3)cc2)ccc1C#N. The second-order valence-corrected chi connectivity index (χ2v) is 5.44. The minimum atomic E-state index is 0.566. The molecule has 0 saturated carbocycles. The van der Waals surface area contributed by atoms with Crippen LogP contribution in [-0.2, 0) is 6.61 Å². The van der Waals surface area contributed by atoms with Crippen LogP contribution in [0.15, 0.2) is 72.8 Å². The summed E-state index contributed by atoms with van der Waals surface area (Å²) in [5.74, 6) is 0.850. The Morgan fingerprint density at radius 2 is 1.57 bits per heavy atom. The lowest BCUT2D eigenvalue weighted by Crippen LogP contribution is -1.94. The molecule has 0 spiro atoms. The van der Waals surface area contributed by atoms with E-state index in [4.69, 9.17) is 10.00 Å². The molecule has 0 aliphatic rings. The average Bonchev–Trinajstić information content (AvgIpc) is 2.61. The van der Waals surface area contributed by atoms with Gasteiger partial charge in [-0.3, -0.25) is 0 Å². The molecule has 0 aliphatic heterocycles. The highest BCUT2D eigenvalue weighted by atomic mass is 16.5. The Balaban J connectivity index is 1.72. The van der Waals surface area contributed by atoms with E-state index in [0.29, 0.717) is 6.61 Å². The molecule has 2 heteroatoms. The van der Waals surface area contributed by atoms with Crippen LogP contribution in [0.3, 0.4) is 0 Å². The molecule has 0 aliphatic carbocycles. The van der Waals surface area contributed by atoms with E-state index >= 15 is 0 Å². The van der Waals surface area contributed by atoms with Crippen LogP contribution < -0.4 is 4.74 Å². The van der Waals surface area contributed by atoms with E-state index in [0.717, 1.165) is 33.6 Å². The van der Waals surface area contributed by atoms with Crippen molar-refractivity contribution in [2.45, 2.75) is 13.5 Å². The van der Waals surface area contributed by atoms with Crippen LogP contribution in [0.2, 0.25) is 0 Å². The average molecular weight is 299 g/mol. The van der Waals surface area contributed by atoms with Gasteiger partial charge >= 0.3 is 0 Å². The van der Waals surface area contributed by atoms with Crippen LogP contribution in [0.25, 0.3) is 11.1 Å². The number of benzene rings is 3. The van der Waals surface area contributed by atoms with Crippen LogP contribution in [0, 0.1) is 18.3 Å². The molecule has 112 valence electrons. The predicted octanol–water partition coefficient (Wildman–Crippen LogP) is 5.11. The molecule has 0 aromatic heterocycles. The summed E-state index contributed by atoms with van der Waals surface area (Å²) >= 11 is 0. The second-order valence-electron chi connectivity index (χ2n) is 5.44. The molecule has 23 heavy (non-hydrogen) atoms. The number of aryl methyl sites for hydroxylation is 1. The maximum absolute atomic E-state index is 9.00. The molecule has 3 aromatic carbocycles. The molecule has 3 rings (SSSR count). The first kappa shape index (κ1) is 14.9. The lowest BCUT2D eigenvalue weighted by molar-refractivity contribution is 0.306. The summed E-state index contributed by atoms with van der Waals surface area (Å²) in [6, 6.07) is 26.2. The van der Waals surface area contributed by atoms with Gasteiger partial charge < -0.3 is 4.74 Å². The van der Waals surface area contributed by atoms with Crippen molar-refractivity contribution in [3.63, 3.8) is 0 Å². The fourth-order valence-corrected chi connectivity index (χ4v) is 2.45. The summed E-state index contributed by atoms with van der Waals surface area (Å²) in [7, 11) is 0. The summed E-state index contributed by atoms with van der Waals surface area (Å²) in [5.41, 5.74) is 5.09. The second kappa shape index (κ2) is 6.81. The fourth-order valence-electron chi connectivity index (χ4n) is 2.45. The highest BCUT2D eigenvalue weighted by Gasteiger charge is 2.03. The molecule has 0 N–H and O–H groups in total. The highest BCUT2D eigenvalue weighted by Crippen LogP contribution is 2.24.